The summed E-state index contributed by atoms with van der Waals surface area (Å²) in [6.45, 7) is 2.00. The van der Waals surface area contributed by atoms with Crippen LogP contribution in [0.4, 0.5) is 0 Å². The summed E-state index contributed by atoms with van der Waals surface area (Å²) >= 11 is 0. The summed E-state index contributed by atoms with van der Waals surface area (Å²) in [5, 5.41) is 10.1. The van der Waals surface area contributed by atoms with Crippen molar-refractivity contribution in [3.05, 3.63) is 35.4 Å². The number of benzene rings is 1. The fourth-order valence-corrected chi connectivity index (χ4v) is 1.29. The Morgan fingerprint density at radius 1 is 1.47 bits per heavy atom. The highest BCUT2D eigenvalue weighted by Crippen LogP contribution is 2.05. The zero-order valence-electron chi connectivity index (χ0n) is 9.71. The first-order chi connectivity index (χ1) is 8.11. The van der Waals surface area contributed by atoms with Gasteiger partial charge in [-0.2, -0.15) is 0 Å². The minimum atomic E-state index is -0.0593. The first-order valence-corrected chi connectivity index (χ1v) is 5.28. The maximum Gasteiger partial charge on any atom is 0.216 e. The number of hydrogen-bond acceptors (Lipinski definition) is 2. The maximum absolute atomic E-state index is 10.6. The molecular weight excluding hydrogens is 214 g/mol. The predicted molar refractivity (Wildman–Crippen MR) is 67.6 cm³/mol. The van der Waals surface area contributed by atoms with Gasteiger partial charge in [0, 0.05) is 31.0 Å². The second-order valence-corrected chi connectivity index (χ2v) is 3.49. The molecule has 4 heteroatoms. The first-order valence-electron chi connectivity index (χ1n) is 5.28. The minimum absolute atomic E-state index is 0.0109. The molecule has 0 radical (unpaired) electrons. The zero-order valence-corrected chi connectivity index (χ0v) is 9.71. The lowest BCUT2D eigenvalue weighted by Crippen LogP contribution is -2.20. The largest absolute Gasteiger partial charge is 0.384 e. The van der Waals surface area contributed by atoms with E-state index in [1.807, 2.05) is 18.2 Å². The van der Waals surface area contributed by atoms with Crippen molar-refractivity contribution in [3.63, 3.8) is 0 Å². The van der Waals surface area contributed by atoms with E-state index >= 15 is 0 Å². The van der Waals surface area contributed by atoms with Gasteiger partial charge in [-0.15, -0.1) is 0 Å². The van der Waals surface area contributed by atoms with Gasteiger partial charge in [0.15, 0.2) is 0 Å². The van der Waals surface area contributed by atoms with Gasteiger partial charge in [0.05, 0.1) is 0 Å². The molecule has 0 atom stereocenters. The number of carbonyl (C=O) groups is 1. The lowest BCUT2D eigenvalue weighted by molar-refractivity contribution is -0.118. The van der Waals surface area contributed by atoms with Gasteiger partial charge in [-0.25, -0.2) is 0 Å². The van der Waals surface area contributed by atoms with Crippen molar-refractivity contribution in [2.45, 2.75) is 13.3 Å². The van der Waals surface area contributed by atoms with Crippen LogP contribution in [0.2, 0.25) is 0 Å². The number of rotatable bonds is 3. The van der Waals surface area contributed by atoms with Gasteiger partial charge in [-0.05, 0) is 6.07 Å². The lowest BCUT2D eigenvalue weighted by Gasteiger charge is -2.00. The Bertz CT molecular complexity index is 483. The van der Waals surface area contributed by atoms with Crippen LogP contribution in [-0.2, 0) is 4.79 Å². The minimum Gasteiger partial charge on any atom is -0.384 e. The van der Waals surface area contributed by atoms with E-state index in [-0.39, 0.29) is 11.7 Å². The molecule has 1 aromatic rings. The Labute approximate surface area is 101 Å². The van der Waals surface area contributed by atoms with Crippen LogP contribution < -0.4 is 11.1 Å². The third-order valence-electron chi connectivity index (χ3n) is 2.06. The third-order valence-corrected chi connectivity index (χ3v) is 2.06. The number of amides is 1. The molecule has 0 aliphatic rings. The monoisotopic (exact) mass is 229 g/mol. The van der Waals surface area contributed by atoms with Crippen LogP contribution in [-0.4, -0.2) is 18.3 Å². The molecule has 4 nitrogen and oxygen atoms in total. The highest BCUT2D eigenvalue weighted by Gasteiger charge is 2.00. The van der Waals surface area contributed by atoms with Crippen LogP contribution in [0.15, 0.2) is 24.3 Å². The Morgan fingerprint density at radius 2 is 2.18 bits per heavy atom. The van der Waals surface area contributed by atoms with Crippen molar-refractivity contribution < 1.29 is 4.79 Å². The van der Waals surface area contributed by atoms with E-state index in [4.69, 9.17) is 11.1 Å². The zero-order chi connectivity index (χ0) is 12.7. The molecule has 0 unspecified atom stereocenters. The van der Waals surface area contributed by atoms with E-state index in [9.17, 15) is 4.79 Å². The van der Waals surface area contributed by atoms with Crippen molar-refractivity contribution in [2.24, 2.45) is 5.73 Å². The highest BCUT2D eigenvalue weighted by atomic mass is 16.1. The van der Waals surface area contributed by atoms with Gasteiger partial charge in [0.25, 0.3) is 0 Å². The van der Waals surface area contributed by atoms with E-state index in [1.165, 1.54) is 6.92 Å². The first kappa shape index (κ1) is 12.8. The summed E-state index contributed by atoms with van der Waals surface area (Å²) in [6, 6.07) is 7.26. The van der Waals surface area contributed by atoms with Gasteiger partial charge >= 0.3 is 0 Å². The van der Waals surface area contributed by atoms with E-state index in [2.05, 4.69) is 17.2 Å². The molecule has 0 aliphatic heterocycles. The van der Waals surface area contributed by atoms with Crippen molar-refractivity contribution >= 4 is 11.7 Å². The molecule has 1 amide bonds. The molecule has 1 aromatic carbocycles. The van der Waals surface area contributed by atoms with Crippen molar-refractivity contribution in [1.29, 1.82) is 5.41 Å². The van der Waals surface area contributed by atoms with E-state index in [0.29, 0.717) is 18.5 Å². The van der Waals surface area contributed by atoms with Gasteiger partial charge in [0.1, 0.15) is 5.84 Å². The molecule has 88 valence electrons. The molecule has 17 heavy (non-hydrogen) atoms. The molecule has 0 spiro atoms. The summed E-state index contributed by atoms with van der Waals surface area (Å²) < 4.78 is 0. The van der Waals surface area contributed by atoms with Crippen LogP contribution in [0.3, 0.4) is 0 Å². The van der Waals surface area contributed by atoms with Crippen molar-refractivity contribution in [2.75, 3.05) is 6.54 Å². The van der Waals surface area contributed by atoms with Gasteiger partial charge in [-0.3, -0.25) is 10.2 Å². The number of nitrogens with one attached hydrogen (secondary N) is 2. The number of nitrogens with two attached hydrogens (primary N) is 1. The van der Waals surface area contributed by atoms with E-state index in [0.717, 1.165) is 5.56 Å². The van der Waals surface area contributed by atoms with Gasteiger partial charge in [-0.1, -0.05) is 30.0 Å². The SMILES string of the molecule is CC(=O)NCCC#Cc1ccccc1C(=N)N. The van der Waals surface area contributed by atoms with Gasteiger partial charge in [0.2, 0.25) is 5.91 Å². The molecule has 0 saturated heterocycles. The summed E-state index contributed by atoms with van der Waals surface area (Å²) in [5.74, 6) is 5.83. The Morgan fingerprint density at radius 3 is 2.82 bits per heavy atom. The van der Waals surface area contributed by atoms with Gasteiger partial charge < -0.3 is 11.1 Å². The molecule has 0 fully saturated rings. The fraction of sp³-hybridized carbons (Fsp3) is 0.231. The number of carbonyl (C=O) groups excluding carboxylic acids is 1. The Hall–Kier alpha value is -2.28. The molecule has 0 heterocycles. The van der Waals surface area contributed by atoms with Crippen LogP contribution in [0, 0.1) is 17.3 Å². The molecule has 1 rings (SSSR count). The Balaban J connectivity index is 2.65. The van der Waals surface area contributed by atoms with Crippen LogP contribution >= 0.6 is 0 Å². The van der Waals surface area contributed by atoms with Crippen LogP contribution in [0.25, 0.3) is 0 Å². The quantitative estimate of drug-likeness (QED) is 0.311. The van der Waals surface area contributed by atoms with Crippen LogP contribution in [0.1, 0.15) is 24.5 Å². The molecule has 0 bridgehead atoms. The predicted octanol–water partition coefficient (Wildman–Crippen LogP) is 0.848. The number of amidine groups is 1. The summed E-state index contributed by atoms with van der Waals surface area (Å²) in [7, 11) is 0. The average Bonchev–Trinajstić information content (AvgIpc) is 2.28. The van der Waals surface area contributed by atoms with Crippen LogP contribution in [0.5, 0.6) is 0 Å². The molecule has 0 aliphatic carbocycles. The molecule has 0 aromatic heterocycles. The molecular formula is C13H15N3O. The second kappa shape index (κ2) is 6.33. The van der Waals surface area contributed by atoms with E-state index < -0.39 is 0 Å². The average molecular weight is 229 g/mol. The molecule has 4 N–H and O–H groups in total. The van der Waals surface area contributed by atoms with Crippen molar-refractivity contribution in [3.8, 4) is 11.8 Å². The number of hydrogen-bond donors (Lipinski definition) is 3. The van der Waals surface area contributed by atoms with Crippen molar-refractivity contribution in [1.82, 2.24) is 5.32 Å². The fourth-order valence-electron chi connectivity index (χ4n) is 1.29. The Kier molecular flexibility index (Phi) is 4.77. The summed E-state index contributed by atoms with van der Waals surface area (Å²) in [4.78, 5) is 10.6. The highest BCUT2D eigenvalue weighted by molar-refractivity contribution is 5.97. The summed E-state index contributed by atoms with van der Waals surface area (Å²) in [5.41, 5.74) is 6.82. The molecule has 0 saturated carbocycles. The topological polar surface area (TPSA) is 79.0 Å². The third kappa shape index (κ3) is 4.39. The van der Waals surface area contributed by atoms with E-state index in [1.54, 1.807) is 6.07 Å². The summed E-state index contributed by atoms with van der Waals surface area (Å²) in [6.07, 6.45) is 0.575. The lowest BCUT2D eigenvalue weighted by atomic mass is 10.1. The standard InChI is InChI=1S/C13H15N3O/c1-10(17)16-9-5-4-7-11-6-2-3-8-12(11)13(14)15/h2-3,6,8H,5,9H2,1H3,(H3,14,15)(H,16,17). The number of nitrogen functional groups attached to an aromatic ring is 1. The second-order valence-electron chi connectivity index (χ2n) is 3.49. The normalized spacial score (nSPS) is 9.00. The smallest absolute Gasteiger partial charge is 0.216 e. The maximum atomic E-state index is 10.6.